The molecule has 6 unspecified atom stereocenters. The largest absolute Gasteiger partial charge is 0.378 e. The van der Waals surface area contributed by atoms with Crippen molar-refractivity contribution in [3.05, 3.63) is 0 Å². The molecular formula is C19H34O3. The predicted octanol–water partition coefficient (Wildman–Crippen LogP) is 4.33. The predicted molar refractivity (Wildman–Crippen MR) is 88.0 cm³/mol. The lowest BCUT2D eigenvalue weighted by Gasteiger charge is -2.35. The highest BCUT2D eigenvalue weighted by molar-refractivity contribution is 4.97. The third-order valence-electron chi connectivity index (χ3n) is 5.90. The van der Waals surface area contributed by atoms with Crippen LogP contribution in [0.3, 0.4) is 0 Å². The lowest BCUT2D eigenvalue weighted by atomic mass is 9.72. The van der Waals surface area contributed by atoms with E-state index in [1.54, 1.807) is 0 Å². The molecule has 2 saturated carbocycles. The Hall–Kier alpha value is -0.120. The van der Waals surface area contributed by atoms with Crippen molar-refractivity contribution in [1.82, 2.24) is 0 Å². The zero-order valence-corrected chi connectivity index (χ0v) is 14.5. The molecule has 1 saturated heterocycles. The zero-order chi connectivity index (χ0) is 15.4. The van der Waals surface area contributed by atoms with E-state index in [-0.39, 0.29) is 0 Å². The van der Waals surface area contributed by atoms with Gasteiger partial charge in [-0.15, -0.1) is 0 Å². The lowest BCUT2D eigenvalue weighted by molar-refractivity contribution is -0.0677. The lowest BCUT2D eigenvalue weighted by Crippen LogP contribution is -2.35. The van der Waals surface area contributed by atoms with Crippen molar-refractivity contribution >= 4 is 0 Å². The van der Waals surface area contributed by atoms with Crippen LogP contribution in [0.1, 0.15) is 71.6 Å². The number of hydrogen-bond donors (Lipinski definition) is 0. The van der Waals surface area contributed by atoms with Crippen LogP contribution in [0.2, 0.25) is 0 Å². The first-order chi connectivity index (χ1) is 10.8. The van der Waals surface area contributed by atoms with Gasteiger partial charge in [-0.1, -0.05) is 20.3 Å². The average molecular weight is 310 g/mol. The standard InChI is InChI=1S/C19H34O3/c1-3-5-11-21-15-7-9-17-16-8-6-14(20-10-4-2)12-18(16)22-19(17)13-15/h14-19H,3-13H2,1-2H3. The maximum atomic E-state index is 6.46. The van der Waals surface area contributed by atoms with E-state index in [0.29, 0.717) is 24.4 Å². The summed E-state index contributed by atoms with van der Waals surface area (Å²) in [7, 11) is 0. The Bertz CT molecular complexity index is 333. The molecule has 0 spiro atoms. The second-order valence-electron chi connectivity index (χ2n) is 7.51. The van der Waals surface area contributed by atoms with Gasteiger partial charge in [-0.2, -0.15) is 0 Å². The highest BCUT2D eigenvalue weighted by Gasteiger charge is 2.49. The van der Waals surface area contributed by atoms with E-state index in [4.69, 9.17) is 14.2 Å². The molecule has 0 radical (unpaired) electrons. The molecule has 22 heavy (non-hydrogen) atoms. The van der Waals surface area contributed by atoms with Crippen LogP contribution in [-0.4, -0.2) is 37.6 Å². The molecule has 6 atom stereocenters. The quantitative estimate of drug-likeness (QED) is 0.655. The van der Waals surface area contributed by atoms with Gasteiger partial charge in [0.15, 0.2) is 0 Å². The van der Waals surface area contributed by atoms with E-state index in [9.17, 15) is 0 Å². The minimum absolute atomic E-state index is 0.443. The number of unbranched alkanes of at least 4 members (excludes halogenated alkanes) is 1. The van der Waals surface area contributed by atoms with Gasteiger partial charge < -0.3 is 14.2 Å². The van der Waals surface area contributed by atoms with Gasteiger partial charge in [0.25, 0.3) is 0 Å². The summed E-state index contributed by atoms with van der Waals surface area (Å²) in [6.07, 6.45) is 12.7. The van der Waals surface area contributed by atoms with Crippen LogP contribution in [0.15, 0.2) is 0 Å². The maximum Gasteiger partial charge on any atom is 0.0635 e. The van der Waals surface area contributed by atoms with Gasteiger partial charge in [0.1, 0.15) is 0 Å². The molecule has 0 aromatic carbocycles. The second kappa shape index (κ2) is 8.12. The van der Waals surface area contributed by atoms with Crippen molar-refractivity contribution in [2.45, 2.75) is 96.1 Å². The minimum Gasteiger partial charge on any atom is -0.378 e. The molecule has 3 aliphatic rings. The molecule has 0 aromatic rings. The summed E-state index contributed by atoms with van der Waals surface area (Å²) in [5.74, 6) is 1.59. The monoisotopic (exact) mass is 310 g/mol. The summed E-state index contributed by atoms with van der Waals surface area (Å²) in [6.45, 7) is 6.24. The van der Waals surface area contributed by atoms with Crippen LogP contribution in [0.5, 0.6) is 0 Å². The Morgan fingerprint density at radius 1 is 0.773 bits per heavy atom. The summed E-state index contributed by atoms with van der Waals surface area (Å²) in [6, 6.07) is 0. The van der Waals surface area contributed by atoms with Crippen LogP contribution in [-0.2, 0) is 14.2 Å². The zero-order valence-electron chi connectivity index (χ0n) is 14.5. The Morgan fingerprint density at radius 2 is 1.36 bits per heavy atom. The van der Waals surface area contributed by atoms with Crippen molar-refractivity contribution in [2.24, 2.45) is 11.8 Å². The Kier molecular flexibility index (Phi) is 6.17. The summed E-state index contributed by atoms with van der Waals surface area (Å²) in [5.41, 5.74) is 0. The molecule has 3 nitrogen and oxygen atoms in total. The first-order valence-electron chi connectivity index (χ1n) is 9.70. The molecule has 0 amide bonds. The van der Waals surface area contributed by atoms with Crippen molar-refractivity contribution in [2.75, 3.05) is 13.2 Å². The minimum atomic E-state index is 0.443. The van der Waals surface area contributed by atoms with E-state index in [0.717, 1.165) is 44.3 Å². The molecule has 3 fully saturated rings. The van der Waals surface area contributed by atoms with Gasteiger partial charge in [-0.05, 0) is 50.4 Å². The van der Waals surface area contributed by atoms with E-state index in [1.807, 2.05) is 0 Å². The van der Waals surface area contributed by atoms with Crippen molar-refractivity contribution in [3.8, 4) is 0 Å². The third kappa shape index (κ3) is 3.85. The molecule has 3 heteroatoms. The van der Waals surface area contributed by atoms with Crippen LogP contribution in [0.4, 0.5) is 0 Å². The number of rotatable bonds is 7. The summed E-state index contributed by atoms with van der Waals surface area (Å²) >= 11 is 0. The molecule has 128 valence electrons. The molecule has 0 N–H and O–H groups in total. The van der Waals surface area contributed by atoms with Crippen molar-refractivity contribution < 1.29 is 14.2 Å². The Labute approximate surface area is 136 Å². The maximum absolute atomic E-state index is 6.46. The molecule has 0 aromatic heterocycles. The summed E-state index contributed by atoms with van der Waals surface area (Å²) < 4.78 is 18.5. The van der Waals surface area contributed by atoms with Gasteiger partial charge in [-0.25, -0.2) is 0 Å². The van der Waals surface area contributed by atoms with Gasteiger partial charge in [-0.3, -0.25) is 0 Å². The fraction of sp³-hybridized carbons (Fsp3) is 1.00. The van der Waals surface area contributed by atoms with Crippen molar-refractivity contribution in [1.29, 1.82) is 0 Å². The average Bonchev–Trinajstić information content (AvgIpc) is 2.90. The van der Waals surface area contributed by atoms with Gasteiger partial charge in [0, 0.05) is 26.1 Å². The van der Waals surface area contributed by atoms with Gasteiger partial charge in [0.2, 0.25) is 0 Å². The second-order valence-corrected chi connectivity index (χ2v) is 7.51. The van der Waals surface area contributed by atoms with Gasteiger partial charge in [0.05, 0.1) is 24.4 Å². The van der Waals surface area contributed by atoms with E-state index >= 15 is 0 Å². The van der Waals surface area contributed by atoms with E-state index in [2.05, 4.69) is 13.8 Å². The first kappa shape index (κ1) is 16.7. The highest BCUT2D eigenvalue weighted by Crippen LogP contribution is 2.48. The van der Waals surface area contributed by atoms with E-state index in [1.165, 1.54) is 38.5 Å². The molecule has 3 rings (SSSR count). The number of ether oxygens (including phenoxy) is 3. The van der Waals surface area contributed by atoms with E-state index < -0.39 is 0 Å². The molecule has 2 aliphatic carbocycles. The molecule has 1 heterocycles. The molecular weight excluding hydrogens is 276 g/mol. The normalized spacial score (nSPS) is 41.2. The third-order valence-corrected chi connectivity index (χ3v) is 5.90. The highest BCUT2D eigenvalue weighted by atomic mass is 16.5. The summed E-state index contributed by atoms with van der Waals surface area (Å²) in [4.78, 5) is 0. The topological polar surface area (TPSA) is 27.7 Å². The van der Waals surface area contributed by atoms with Crippen LogP contribution in [0, 0.1) is 11.8 Å². The fourth-order valence-corrected chi connectivity index (χ4v) is 4.73. The fourth-order valence-electron chi connectivity index (χ4n) is 4.73. The SMILES string of the molecule is CCCCOC1CCC2C(C1)OC1CC(OCCC)CCC12. The summed E-state index contributed by atoms with van der Waals surface area (Å²) in [5, 5.41) is 0. The van der Waals surface area contributed by atoms with Crippen LogP contribution < -0.4 is 0 Å². The number of hydrogen-bond acceptors (Lipinski definition) is 3. The Morgan fingerprint density at radius 3 is 1.91 bits per heavy atom. The smallest absolute Gasteiger partial charge is 0.0635 e. The van der Waals surface area contributed by atoms with Gasteiger partial charge >= 0.3 is 0 Å². The molecule has 1 aliphatic heterocycles. The number of fused-ring (bicyclic) bond motifs is 3. The Balaban J connectivity index is 1.48. The van der Waals surface area contributed by atoms with Crippen LogP contribution in [0.25, 0.3) is 0 Å². The molecule has 0 bridgehead atoms. The van der Waals surface area contributed by atoms with Crippen molar-refractivity contribution in [3.63, 3.8) is 0 Å². The first-order valence-corrected chi connectivity index (χ1v) is 9.70. The van der Waals surface area contributed by atoms with Crippen LogP contribution >= 0.6 is 0 Å².